The van der Waals surface area contributed by atoms with Gasteiger partial charge in [-0.15, -0.1) is 11.3 Å². The highest BCUT2D eigenvalue weighted by atomic mass is 32.1. The van der Waals surface area contributed by atoms with Crippen molar-refractivity contribution in [2.24, 2.45) is 0 Å². The lowest BCUT2D eigenvalue weighted by atomic mass is 10.1. The van der Waals surface area contributed by atoms with Gasteiger partial charge >= 0.3 is 0 Å². The Labute approximate surface area is 162 Å². The van der Waals surface area contributed by atoms with E-state index in [0.717, 1.165) is 27.5 Å². The van der Waals surface area contributed by atoms with Crippen LogP contribution in [0.5, 0.6) is 0 Å². The molecule has 0 saturated heterocycles. The Morgan fingerprint density at radius 3 is 2.52 bits per heavy atom. The fraction of sp³-hybridized carbons (Fsp3) is 0.190. The van der Waals surface area contributed by atoms with Crippen molar-refractivity contribution in [2.75, 3.05) is 5.32 Å². The van der Waals surface area contributed by atoms with E-state index in [0.29, 0.717) is 5.13 Å². The first-order valence-corrected chi connectivity index (χ1v) is 9.32. The average Bonchev–Trinajstić information content (AvgIpc) is 3.16. The molecule has 2 aromatic heterocycles. The second-order valence-corrected chi connectivity index (χ2v) is 7.63. The molecule has 0 aliphatic carbocycles. The molecular formula is C21H20N4OS. The summed E-state index contributed by atoms with van der Waals surface area (Å²) in [7, 11) is 0. The van der Waals surface area contributed by atoms with E-state index in [2.05, 4.69) is 46.1 Å². The summed E-state index contributed by atoms with van der Waals surface area (Å²) in [4.78, 5) is 17.5. The Bertz CT molecular complexity index is 1060. The van der Waals surface area contributed by atoms with E-state index in [1.165, 1.54) is 16.9 Å². The van der Waals surface area contributed by atoms with Crippen LogP contribution in [-0.2, 0) is 4.79 Å². The molecule has 3 rings (SSSR count). The minimum absolute atomic E-state index is 0.0482. The topological polar surface area (TPSA) is 70.7 Å². The third kappa shape index (κ3) is 3.99. The number of nitriles is 1. The fourth-order valence-corrected chi connectivity index (χ4v) is 3.57. The second kappa shape index (κ2) is 7.60. The van der Waals surface area contributed by atoms with Gasteiger partial charge in [-0.1, -0.05) is 17.7 Å². The molecule has 0 radical (unpaired) electrons. The molecule has 1 N–H and O–H groups in total. The van der Waals surface area contributed by atoms with Crippen molar-refractivity contribution < 1.29 is 4.79 Å². The number of rotatable bonds is 4. The number of hydrogen-bond acceptors (Lipinski definition) is 4. The van der Waals surface area contributed by atoms with Gasteiger partial charge in [-0.3, -0.25) is 10.1 Å². The summed E-state index contributed by atoms with van der Waals surface area (Å²) in [6.45, 7) is 7.95. The molecule has 0 spiro atoms. The second-order valence-electron chi connectivity index (χ2n) is 6.40. The van der Waals surface area contributed by atoms with Crippen LogP contribution >= 0.6 is 11.3 Å². The molecule has 0 aliphatic heterocycles. The molecular weight excluding hydrogens is 356 g/mol. The Kier molecular flexibility index (Phi) is 5.24. The highest BCUT2D eigenvalue weighted by Gasteiger charge is 2.15. The molecule has 3 aromatic rings. The van der Waals surface area contributed by atoms with Gasteiger partial charge in [-0.25, -0.2) is 4.98 Å². The van der Waals surface area contributed by atoms with E-state index in [1.807, 2.05) is 32.9 Å². The van der Waals surface area contributed by atoms with Crippen molar-refractivity contribution in [2.45, 2.75) is 27.7 Å². The molecule has 27 heavy (non-hydrogen) atoms. The van der Waals surface area contributed by atoms with Gasteiger partial charge in [0.25, 0.3) is 5.91 Å². The maximum atomic E-state index is 12.4. The van der Waals surface area contributed by atoms with Crippen LogP contribution in [0.25, 0.3) is 11.8 Å². The summed E-state index contributed by atoms with van der Waals surface area (Å²) in [6.07, 6.45) is 3.31. The maximum Gasteiger partial charge on any atom is 0.268 e. The van der Waals surface area contributed by atoms with Crippen LogP contribution in [0.2, 0.25) is 0 Å². The van der Waals surface area contributed by atoms with Crippen molar-refractivity contribution in [3.05, 3.63) is 69.5 Å². The third-order valence-corrected chi connectivity index (χ3v) is 5.10. The molecule has 0 bridgehead atoms. The number of aryl methyl sites for hydroxylation is 3. The van der Waals surface area contributed by atoms with Crippen molar-refractivity contribution in [3.63, 3.8) is 0 Å². The largest absolute Gasteiger partial charge is 0.318 e. The van der Waals surface area contributed by atoms with Crippen LogP contribution < -0.4 is 5.32 Å². The molecule has 0 fully saturated rings. The number of hydrogen-bond donors (Lipinski definition) is 1. The van der Waals surface area contributed by atoms with Gasteiger partial charge in [0.2, 0.25) is 0 Å². The zero-order valence-electron chi connectivity index (χ0n) is 15.7. The van der Waals surface area contributed by atoms with Gasteiger partial charge in [0, 0.05) is 28.1 Å². The minimum atomic E-state index is -0.452. The van der Waals surface area contributed by atoms with E-state index in [-0.39, 0.29) is 5.57 Å². The molecule has 0 aliphatic rings. The van der Waals surface area contributed by atoms with Crippen LogP contribution in [0.4, 0.5) is 5.13 Å². The normalized spacial score (nSPS) is 11.3. The predicted octanol–water partition coefficient (Wildman–Crippen LogP) is 4.71. The smallest absolute Gasteiger partial charge is 0.268 e. The first-order valence-electron chi connectivity index (χ1n) is 8.50. The number of aromatic nitrogens is 2. The van der Waals surface area contributed by atoms with Crippen LogP contribution in [0, 0.1) is 39.0 Å². The van der Waals surface area contributed by atoms with E-state index in [1.54, 1.807) is 12.3 Å². The highest BCUT2D eigenvalue weighted by molar-refractivity contribution is 7.15. The van der Waals surface area contributed by atoms with Gasteiger partial charge in [-0.05, 0) is 57.5 Å². The van der Waals surface area contributed by atoms with Crippen molar-refractivity contribution in [1.29, 1.82) is 5.26 Å². The Hall–Kier alpha value is -3.17. The summed E-state index contributed by atoms with van der Waals surface area (Å²) in [6, 6.07) is 12.2. The number of amides is 1. The fourth-order valence-electron chi connectivity index (χ4n) is 2.91. The summed E-state index contributed by atoms with van der Waals surface area (Å²) in [5.41, 5.74) is 5.15. The molecule has 6 heteroatoms. The van der Waals surface area contributed by atoms with Crippen molar-refractivity contribution in [1.82, 2.24) is 9.55 Å². The van der Waals surface area contributed by atoms with Gasteiger partial charge in [0.15, 0.2) is 5.13 Å². The molecule has 1 aromatic carbocycles. The molecule has 1 amide bonds. The van der Waals surface area contributed by atoms with Gasteiger partial charge in [-0.2, -0.15) is 5.26 Å². The predicted molar refractivity (Wildman–Crippen MR) is 109 cm³/mol. The van der Waals surface area contributed by atoms with E-state index in [4.69, 9.17) is 0 Å². The lowest BCUT2D eigenvalue weighted by molar-refractivity contribution is -0.112. The summed E-state index contributed by atoms with van der Waals surface area (Å²) < 4.78 is 2.11. The number of thiazole rings is 1. The van der Waals surface area contributed by atoms with Crippen LogP contribution in [-0.4, -0.2) is 15.5 Å². The Balaban J connectivity index is 1.93. The molecule has 5 nitrogen and oxygen atoms in total. The number of anilines is 1. The SMILES string of the molecule is Cc1ccc(-n2c(C)cc(/C=C(/C#N)C(=O)Nc3ncc(C)s3)c2C)cc1. The Morgan fingerprint density at radius 2 is 1.93 bits per heavy atom. The van der Waals surface area contributed by atoms with Gasteiger partial charge in [0.05, 0.1) is 0 Å². The van der Waals surface area contributed by atoms with E-state index >= 15 is 0 Å². The van der Waals surface area contributed by atoms with Crippen molar-refractivity contribution >= 4 is 28.5 Å². The summed E-state index contributed by atoms with van der Waals surface area (Å²) >= 11 is 1.37. The molecule has 0 atom stereocenters. The van der Waals surface area contributed by atoms with Gasteiger partial charge < -0.3 is 4.57 Å². The monoisotopic (exact) mass is 376 g/mol. The van der Waals surface area contributed by atoms with Crippen LogP contribution in [0.3, 0.4) is 0 Å². The van der Waals surface area contributed by atoms with Gasteiger partial charge in [0.1, 0.15) is 11.6 Å². The number of nitrogens with one attached hydrogen (secondary N) is 1. The highest BCUT2D eigenvalue weighted by Crippen LogP contribution is 2.24. The summed E-state index contributed by atoms with van der Waals surface area (Å²) in [5.74, 6) is -0.452. The van der Waals surface area contributed by atoms with Crippen LogP contribution in [0.1, 0.15) is 27.4 Å². The molecule has 0 unspecified atom stereocenters. The quantitative estimate of drug-likeness (QED) is 0.529. The lowest BCUT2D eigenvalue weighted by Crippen LogP contribution is -2.13. The minimum Gasteiger partial charge on any atom is -0.318 e. The number of carbonyl (C=O) groups excluding carboxylic acids is 1. The zero-order chi connectivity index (χ0) is 19.6. The number of carbonyl (C=O) groups is 1. The van der Waals surface area contributed by atoms with Crippen molar-refractivity contribution in [3.8, 4) is 11.8 Å². The van der Waals surface area contributed by atoms with Crippen LogP contribution in [0.15, 0.2) is 42.1 Å². The number of nitrogens with zero attached hydrogens (tertiary/aromatic N) is 3. The first kappa shape index (κ1) is 18.6. The maximum absolute atomic E-state index is 12.4. The van der Waals surface area contributed by atoms with E-state index in [9.17, 15) is 10.1 Å². The standard InChI is InChI=1S/C21H20N4OS/c1-13-5-7-19(8-6-13)25-14(2)9-17(16(25)4)10-18(11-22)20(26)24-21-23-12-15(3)27-21/h5-10,12H,1-4H3,(H,23,24,26)/b18-10-. The summed E-state index contributed by atoms with van der Waals surface area (Å²) in [5, 5.41) is 12.6. The Morgan fingerprint density at radius 1 is 1.22 bits per heavy atom. The average molecular weight is 376 g/mol. The molecule has 136 valence electrons. The number of benzene rings is 1. The first-order chi connectivity index (χ1) is 12.9. The van der Waals surface area contributed by atoms with E-state index < -0.39 is 5.91 Å². The zero-order valence-corrected chi connectivity index (χ0v) is 16.5. The molecule has 2 heterocycles. The lowest BCUT2D eigenvalue weighted by Gasteiger charge is -2.10. The molecule has 0 saturated carbocycles. The third-order valence-electron chi connectivity index (χ3n) is 4.27.